The fourth-order valence-electron chi connectivity index (χ4n) is 3.37. The number of primary sulfonamides is 1. The average molecular weight is 477 g/mol. The number of alkyl halides is 3. The van der Waals surface area contributed by atoms with Crippen LogP contribution in [0.1, 0.15) is 50.7 Å². The lowest BCUT2D eigenvalue weighted by atomic mass is 10.0. The summed E-state index contributed by atoms with van der Waals surface area (Å²) < 4.78 is 61.9. The number of nitriles is 1. The fourth-order valence-corrected chi connectivity index (χ4v) is 4.48. The van der Waals surface area contributed by atoms with Gasteiger partial charge in [0.25, 0.3) is 5.91 Å². The highest BCUT2D eigenvalue weighted by atomic mass is 32.2. The summed E-state index contributed by atoms with van der Waals surface area (Å²) in [6, 6.07) is 4.56. The number of carbonyl (C=O) groups excluding carboxylic acids is 1. The minimum Gasteiger partial charge on any atom is -0.334 e. The summed E-state index contributed by atoms with van der Waals surface area (Å²) in [4.78, 5) is 15.7. The number of rotatable bonds is 8. The number of benzene rings is 1. The van der Waals surface area contributed by atoms with E-state index in [1.807, 2.05) is 0 Å². The highest BCUT2D eigenvalue weighted by Gasteiger charge is 2.49. The summed E-state index contributed by atoms with van der Waals surface area (Å²) >= 11 is 5.41. The molecule has 0 radical (unpaired) electrons. The molecular formula is C19H23F3N4O3S2. The van der Waals surface area contributed by atoms with Gasteiger partial charge in [0.1, 0.15) is 5.54 Å². The van der Waals surface area contributed by atoms with Gasteiger partial charge in [-0.3, -0.25) is 9.69 Å². The maximum absolute atomic E-state index is 13.3. The van der Waals surface area contributed by atoms with Crippen molar-refractivity contribution in [1.82, 2.24) is 4.90 Å². The van der Waals surface area contributed by atoms with Crippen LogP contribution in [0.3, 0.4) is 0 Å². The normalized spacial score (nSPS) is 16.7. The van der Waals surface area contributed by atoms with E-state index in [0.29, 0.717) is 32.2 Å². The monoisotopic (exact) mass is 476 g/mol. The Labute approximate surface area is 184 Å². The van der Waals surface area contributed by atoms with Gasteiger partial charge in [0.05, 0.1) is 28.6 Å². The number of hydrogen-bond donors (Lipinski definition) is 1. The zero-order valence-electron chi connectivity index (χ0n) is 17.1. The average Bonchev–Trinajstić information content (AvgIpc) is 2.81. The Hall–Kier alpha value is -2.23. The third-order valence-electron chi connectivity index (χ3n) is 5.07. The number of halogens is 3. The molecule has 170 valence electrons. The SMILES string of the molecule is CC1(C)C(=O)N(c2ccc(C#N)c(C(F)(F)F)c2)C(=S)N1CCCCCCS(N)(=O)=O. The lowest BCUT2D eigenvalue weighted by Crippen LogP contribution is -2.44. The number of nitrogens with zero attached hydrogens (tertiary/aromatic N) is 3. The first-order valence-corrected chi connectivity index (χ1v) is 11.6. The van der Waals surface area contributed by atoms with Gasteiger partial charge in [-0.25, -0.2) is 13.6 Å². The second-order valence-corrected chi connectivity index (χ2v) is 9.85. The van der Waals surface area contributed by atoms with Gasteiger partial charge in [0, 0.05) is 6.54 Å². The molecule has 0 atom stereocenters. The minimum atomic E-state index is -4.75. The summed E-state index contributed by atoms with van der Waals surface area (Å²) in [5, 5.41) is 14.0. The van der Waals surface area contributed by atoms with Crippen LogP contribution in [0.15, 0.2) is 18.2 Å². The van der Waals surface area contributed by atoms with Crippen molar-refractivity contribution < 1.29 is 26.4 Å². The fraction of sp³-hybridized carbons (Fsp3) is 0.526. The van der Waals surface area contributed by atoms with Gasteiger partial charge in [-0.2, -0.15) is 18.4 Å². The summed E-state index contributed by atoms with van der Waals surface area (Å²) in [6.45, 7) is 3.65. The topological polar surface area (TPSA) is 108 Å². The standard InChI is InChI=1S/C19H23F3N4O3S2/c1-18(2)16(27)26(14-8-7-13(12-23)15(11-14)19(20,21)22)17(30)25(18)9-5-3-4-6-10-31(24,28)29/h7-8,11H,3-6,9-10H2,1-2H3,(H2,24,28,29). The first kappa shape index (κ1) is 25.0. The van der Waals surface area contributed by atoms with Crippen molar-refractivity contribution in [3.05, 3.63) is 29.3 Å². The summed E-state index contributed by atoms with van der Waals surface area (Å²) in [5.41, 5.74) is -2.78. The van der Waals surface area contributed by atoms with E-state index in [0.717, 1.165) is 17.0 Å². The molecule has 1 saturated heterocycles. The minimum absolute atomic E-state index is 0.0509. The Morgan fingerprint density at radius 3 is 2.35 bits per heavy atom. The van der Waals surface area contributed by atoms with Crippen molar-refractivity contribution in [1.29, 1.82) is 5.26 Å². The van der Waals surface area contributed by atoms with Gasteiger partial charge in [-0.05, 0) is 57.1 Å². The molecule has 31 heavy (non-hydrogen) atoms. The molecule has 0 aromatic heterocycles. The van der Waals surface area contributed by atoms with Crippen LogP contribution in [-0.4, -0.2) is 42.2 Å². The number of sulfonamides is 1. The van der Waals surface area contributed by atoms with E-state index in [2.05, 4.69) is 0 Å². The van der Waals surface area contributed by atoms with Crippen LogP contribution in [0.2, 0.25) is 0 Å². The lowest BCUT2D eigenvalue weighted by molar-refractivity contribution is -0.137. The van der Waals surface area contributed by atoms with Crippen LogP contribution in [0.4, 0.5) is 18.9 Å². The molecule has 1 aliphatic heterocycles. The van der Waals surface area contributed by atoms with E-state index in [4.69, 9.17) is 22.6 Å². The highest BCUT2D eigenvalue weighted by molar-refractivity contribution is 7.89. The van der Waals surface area contributed by atoms with E-state index in [1.165, 1.54) is 12.1 Å². The molecule has 0 bridgehead atoms. The third-order valence-corrected chi connectivity index (χ3v) is 6.33. The quantitative estimate of drug-likeness (QED) is 0.456. The molecule has 0 aliphatic carbocycles. The molecule has 0 saturated carbocycles. The molecule has 1 amide bonds. The van der Waals surface area contributed by atoms with Crippen LogP contribution >= 0.6 is 12.2 Å². The third kappa shape index (κ3) is 5.72. The Morgan fingerprint density at radius 2 is 1.81 bits per heavy atom. The number of nitrogens with two attached hydrogens (primary N) is 1. The maximum atomic E-state index is 13.3. The van der Waals surface area contributed by atoms with E-state index >= 15 is 0 Å². The zero-order chi connectivity index (χ0) is 23.6. The van der Waals surface area contributed by atoms with Gasteiger partial charge in [0.2, 0.25) is 10.0 Å². The predicted molar refractivity (Wildman–Crippen MR) is 113 cm³/mol. The predicted octanol–water partition coefficient (Wildman–Crippen LogP) is 3.14. The first-order valence-electron chi connectivity index (χ1n) is 9.48. The van der Waals surface area contributed by atoms with Crippen molar-refractivity contribution in [2.75, 3.05) is 17.2 Å². The number of carbonyl (C=O) groups is 1. The maximum Gasteiger partial charge on any atom is 0.417 e. The van der Waals surface area contributed by atoms with E-state index in [9.17, 15) is 26.4 Å². The molecule has 12 heteroatoms. The van der Waals surface area contributed by atoms with Crippen LogP contribution in [0, 0.1) is 11.3 Å². The van der Waals surface area contributed by atoms with E-state index in [1.54, 1.807) is 18.7 Å². The largest absolute Gasteiger partial charge is 0.417 e. The first-order chi connectivity index (χ1) is 14.2. The number of anilines is 1. The van der Waals surface area contributed by atoms with Gasteiger partial charge in [-0.1, -0.05) is 12.8 Å². The summed E-state index contributed by atoms with van der Waals surface area (Å²) in [5.74, 6) is -0.572. The number of amides is 1. The van der Waals surface area contributed by atoms with Crippen molar-refractivity contribution in [2.24, 2.45) is 5.14 Å². The number of hydrogen-bond acceptors (Lipinski definition) is 5. The Morgan fingerprint density at radius 1 is 1.19 bits per heavy atom. The smallest absolute Gasteiger partial charge is 0.334 e. The molecule has 1 fully saturated rings. The Kier molecular flexibility index (Phi) is 7.35. The van der Waals surface area contributed by atoms with E-state index in [-0.39, 0.29) is 16.6 Å². The molecule has 1 heterocycles. The van der Waals surface area contributed by atoms with Crippen LogP contribution < -0.4 is 10.0 Å². The lowest BCUT2D eigenvalue weighted by Gasteiger charge is -2.29. The van der Waals surface area contributed by atoms with Crippen LogP contribution in [-0.2, 0) is 21.0 Å². The van der Waals surface area contributed by atoms with Gasteiger partial charge >= 0.3 is 6.18 Å². The summed E-state index contributed by atoms with van der Waals surface area (Å²) in [6.07, 6.45) is -2.43. The number of thiocarbonyl (C=S) groups is 1. The molecule has 1 aromatic rings. The van der Waals surface area contributed by atoms with Gasteiger partial charge in [0.15, 0.2) is 5.11 Å². The zero-order valence-corrected chi connectivity index (χ0v) is 18.7. The van der Waals surface area contributed by atoms with Crippen molar-refractivity contribution in [3.63, 3.8) is 0 Å². The van der Waals surface area contributed by atoms with Gasteiger partial charge in [-0.15, -0.1) is 0 Å². The Bertz CT molecular complexity index is 1020. The number of unbranched alkanes of at least 4 members (excludes halogenated alkanes) is 3. The summed E-state index contributed by atoms with van der Waals surface area (Å²) in [7, 11) is -3.50. The molecule has 7 nitrogen and oxygen atoms in total. The van der Waals surface area contributed by atoms with Crippen LogP contribution in [0.5, 0.6) is 0 Å². The highest BCUT2D eigenvalue weighted by Crippen LogP contribution is 2.37. The molecular weight excluding hydrogens is 453 g/mol. The molecule has 2 rings (SSSR count). The molecule has 1 aromatic carbocycles. The van der Waals surface area contributed by atoms with Crippen molar-refractivity contribution in [2.45, 2.75) is 51.2 Å². The molecule has 0 spiro atoms. The van der Waals surface area contributed by atoms with E-state index < -0.39 is 38.8 Å². The molecule has 0 unspecified atom stereocenters. The van der Waals surface area contributed by atoms with Crippen LogP contribution in [0.25, 0.3) is 0 Å². The molecule has 2 N–H and O–H groups in total. The second-order valence-electron chi connectivity index (χ2n) is 7.75. The van der Waals surface area contributed by atoms with Crippen molar-refractivity contribution in [3.8, 4) is 6.07 Å². The Balaban J connectivity index is 2.17. The van der Waals surface area contributed by atoms with Crippen molar-refractivity contribution >= 4 is 38.9 Å². The molecule has 1 aliphatic rings. The second kappa shape index (κ2) is 9.10. The van der Waals surface area contributed by atoms with Gasteiger partial charge < -0.3 is 4.90 Å².